The van der Waals surface area contributed by atoms with Gasteiger partial charge in [-0.05, 0) is 26.2 Å². The van der Waals surface area contributed by atoms with Crippen LogP contribution >= 0.6 is 0 Å². The Kier molecular flexibility index (Phi) is 4.27. The minimum Gasteiger partial charge on any atom is -0.328 e. The lowest BCUT2D eigenvalue weighted by Gasteiger charge is -2.29. The van der Waals surface area contributed by atoms with Crippen LogP contribution in [0, 0.1) is 12.3 Å². The molecule has 0 aromatic carbocycles. The van der Waals surface area contributed by atoms with E-state index in [1.165, 1.54) is 19.3 Å². The van der Waals surface area contributed by atoms with Gasteiger partial charge < -0.3 is 11.1 Å². The van der Waals surface area contributed by atoms with Crippen molar-refractivity contribution < 1.29 is 0 Å². The predicted octanol–water partition coefficient (Wildman–Crippen LogP) is 1.26. The standard InChI is InChI=1S/C11H20N2/c1-3-5-9(2)13-11-7-4-6-10(12)8-11/h1,9-11,13H,4-8,12H2,2H3. The molecule has 0 radical (unpaired) electrons. The molecule has 0 aromatic heterocycles. The van der Waals surface area contributed by atoms with Crippen molar-refractivity contribution in [3.63, 3.8) is 0 Å². The Labute approximate surface area is 81.3 Å². The fourth-order valence-electron chi connectivity index (χ4n) is 2.02. The van der Waals surface area contributed by atoms with Crippen molar-refractivity contribution in [3.05, 3.63) is 0 Å². The van der Waals surface area contributed by atoms with E-state index in [0.29, 0.717) is 18.1 Å². The Balaban J connectivity index is 2.24. The first kappa shape index (κ1) is 10.6. The minimum atomic E-state index is 0.393. The summed E-state index contributed by atoms with van der Waals surface area (Å²) in [6, 6.07) is 1.41. The van der Waals surface area contributed by atoms with Crippen molar-refractivity contribution in [2.24, 2.45) is 5.73 Å². The van der Waals surface area contributed by atoms with Crippen LogP contribution in [0.3, 0.4) is 0 Å². The zero-order chi connectivity index (χ0) is 9.68. The summed E-state index contributed by atoms with van der Waals surface area (Å²) in [5.74, 6) is 2.67. The Bertz CT molecular complexity index is 183. The molecule has 1 aliphatic rings. The summed E-state index contributed by atoms with van der Waals surface area (Å²) in [6.45, 7) is 2.14. The zero-order valence-corrected chi connectivity index (χ0v) is 8.42. The van der Waals surface area contributed by atoms with E-state index in [0.717, 1.165) is 12.8 Å². The Morgan fingerprint density at radius 2 is 2.38 bits per heavy atom. The molecular formula is C11H20N2. The molecule has 1 rings (SSSR count). The second-order valence-corrected chi connectivity index (χ2v) is 4.10. The lowest BCUT2D eigenvalue weighted by molar-refractivity contribution is 0.318. The van der Waals surface area contributed by atoms with Gasteiger partial charge in [0, 0.05) is 24.5 Å². The van der Waals surface area contributed by atoms with Crippen LogP contribution in [0.15, 0.2) is 0 Å². The van der Waals surface area contributed by atoms with E-state index in [4.69, 9.17) is 12.2 Å². The van der Waals surface area contributed by atoms with E-state index in [1.807, 2.05) is 0 Å². The number of hydrogen-bond donors (Lipinski definition) is 2. The second-order valence-electron chi connectivity index (χ2n) is 4.10. The molecule has 0 amide bonds. The molecule has 3 atom stereocenters. The molecule has 1 fully saturated rings. The highest BCUT2D eigenvalue weighted by molar-refractivity contribution is 4.90. The first-order valence-electron chi connectivity index (χ1n) is 5.17. The van der Waals surface area contributed by atoms with Crippen LogP contribution in [0.5, 0.6) is 0 Å². The summed E-state index contributed by atoms with van der Waals surface area (Å²) in [7, 11) is 0. The molecule has 3 N–H and O–H groups in total. The van der Waals surface area contributed by atoms with Gasteiger partial charge in [0.25, 0.3) is 0 Å². The summed E-state index contributed by atoms with van der Waals surface area (Å²) in [5.41, 5.74) is 5.89. The largest absolute Gasteiger partial charge is 0.328 e. The third-order valence-electron chi connectivity index (χ3n) is 2.66. The first-order chi connectivity index (χ1) is 6.22. The monoisotopic (exact) mass is 180 g/mol. The lowest BCUT2D eigenvalue weighted by atomic mass is 9.91. The van der Waals surface area contributed by atoms with Gasteiger partial charge in [0.1, 0.15) is 0 Å². The van der Waals surface area contributed by atoms with Gasteiger partial charge in [-0.25, -0.2) is 0 Å². The van der Waals surface area contributed by atoms with E-state index in [9.17, 15) is 0 Å². The van der Waals surface area contributed by atoms with Crippen LogP contribution in [0.1, 0.15) is 39.0 Å². The highest BCUT2D eigenvalue weighted by atomic mass is 14.9. The molecule has 0 bridgehead atoms. The Morgan fingerprint density at radius 3 is 3.00 bits per heavy atom. The number of nitrogens with two attached hydrogens (primary N) is 1. The second kappa shape index (κ2) is 5.26. The minimum absolute atomic E-state index is 0.393. The SMILES string of the molecule is C#CCC(C)NC1CCCC(N)C1. The van der Waals surface area contributed by atoms with Crippen LogP contribution < -0.4 is 11.1 Å². The fraction of sp³-hybridized carbons (Fsp3) is 0.818. The summed E-state index contributed by atoms with van der Waals surface area (Å²) in [4.78, 5) is 0. The third kappa shape index (κ3) is 3.80. The summed E-state index contributed by atoms with van der Waals surface area (Å²) in [5, 5.41) is 3.53. The third-order valence-corrected chi connectivity index (χ3v) is 2.66. The molecule has 0 aromatic rings. The molecule has 1 aliphatic carbocycles. The smallest absolute Gasteiger partial charge is 0.0238 e. The molecule has 1 saturated carbocycles. The van der Waals surface area contributed by atoms with E-state index in [-0.39, 0.29) is 0 Å². The summed E-state index contributed by atoms with van der Waals surface area (Å²) >= 11 is 0. The Hall–Kier alpha value is -0.520. The molecule has 13 heavy (non-hydrogen) atoms. The van der Waals surface area contributed by atoms with Crippen LogP contribution in [-0.4, -0.2) is 18.1 Å². The van der Waals surface area contributed by atoms with Crippen molar-refractivity contribution in [1.29, 1.82) is 0 Å². The maximum absolute atomic E-state index is 5.89. The van der Waals surface area contributed by atoms with Crippen molar-refractivity contribution in [3.8, 4) is 12.3 Å². The van der Waals surface area contributed by atoms with Crippen LogP contribution in [0.4, 0.5) is 0 Å². The van der Waals surface area contributed by atoms with Crippen molar-refractivity contribution in [2.75, 3.05) is 0 Å². The first-order valence-corrected chi connectivity index (χ1v) is 5.17. The van der Waals surface area contributed by atoms with Crippen molar-refractivity contribution in [1.82, 2.24) is 5.32 Å². The highest BCUT2D eigenvalue weighted by Crippen LogP contribution is 2.17. The van der Waals surface area contributed by atoms with Crippen molar-refractivity contribution >= 4 is 0 Å². The van der Waals surface area contributed by atoms with Gasteiger partial charge in [0.2, 0.25) is 0 Å². The van der Waals surface area contributed by atoms with Gasteiger partial charge >= 0.3 is 0 Å². The molecule has 2 heteroatoms. The molecule has 74 valence electrons. The maximum Gasteiger partial charge on any atom is 0.0238 e. The molecule has 2 nitrogen and oxygen atoms in total. The normalized spacial score (nSPS) is 30.8. The molecule has 0 spiro atoms. The van der Waals surface area contributed by atoms with E-state index in [1.54, 1.807) is 0 Å². The zero-order valence-electron chi connectivity index (χ0n) is 8.42. The van der Waals surface area contributed by atoms with Crippen molar-refractivity contribution in [2.45, 2.75) is 57.2 Å². The number of nitrogens with one attached hydrogen (secondary N) is 1. The molecule has 0 heterocycles. The van der Waals surface area contributed by atoms with Gasteiger partial charge in [-0.3, -0.25) is 0 Å². The average Bonchev–Trinajstić information content (AvgIpc) is 2.04. The van der Waals surface area contributed by atoms with E-state index < -0.39 is 0 Å². The van der Waals surface area contributed by atoms with Gasteiger partial charge in [-0.15, -0.1) is 12.3 Å². The number of hydrogen-bond acceptors (Lipinski definition) is 2. The van der Waals surface area contributed by atoms with Gasteiger partial charge in [0.15, 0.2) is 0 Å². The molecule has 0 aliphatic heterocycles. The van der Waals surface area contributed by atoms with Crippen LogP contribution in [0.2, 0.25) is 0 Å². The van der Waals surface area contributed by atoms with E-state index >= 15 is 0 Å². The molecular weight excluding hydrogens is 160 g/mol. The summed E-state index contributed by atoms with van der Waals surface area (Å²) < 4.78 is 0. The highest BCUT2D eigenvalue weighted by Gasteiger charge is 2.19. The Morgan fingerprint density at radius 1 is 1.62 bits per heavy atom. The summed E-state index contributed by atoms with van der Waals surface area (Å²) in [6.07, 6.45) is 10.9. The predicted molar refractivity (Wildman–Crippen MR) is 56.3 cm³/mol. The molecule has 0 saturated heterocycles. The number of terminal acetylenes is 1. The van der Waals surface area contributed by atoms with Gasteiger partial charge in [-0.2, -0.15) is 0 Å². The lowest BCUT2D eigenvalue weighted by Crippen LogP contribution is -2.43. The van der Waals surface area contributed by atoms with Crippen LogP contribution in [-0.2, 0) is 0 Å². The fourth-order valence-corrected chi connectivity index (χ4v) is 2.02. The average molecular weight is 180 g/mol. The topological polar surface area (TPSA) is 38.0 Å². The van der Waals surface area contributed by atoms with E-state index in [2.05, 4.69) is 18.2 Å². The number of rotatable bonds is 3. The van der Waals surface area contributed by atoms with Crippen LogP contribution in [0.25, 0.3) is 0 Å². The van der Waals surface area contributed by atoms with Gasteiger partial charge in [-0.1, -0.05) is 6.42 Å². The molecule has 3 unspecified atom stereocenters. The maximum atomic E-state index is 5.89. The quantitative estimate of drug-likeness (QED) is 0.642. The van der Waals surface area contributed by atoms with Gasteiger partial charge in [0.05, 0.1) is 0 Å².